The molecule has 0 saturated heterocycles. The number of hydrogen-bond donors (Lipinski definition) is 1. The minimum absolute atomic E-state index is 0.266. The van der Waals surface area contributed by atoms with Crippen LogP contribution in [-0.2, 0) is 0 Å². The largest absolute Gasteiger partial charge is 0.319 e. The van der Waals surface area contributed by atoms with E-state index in [2.05, 4.69) is 20.3 Å². The molecule has 0 bridgehead atoms. The van der Waals surface area contributed by atoms with E-state index in [0.717, 1.165) is 11.1 Å². The maximum absolute atomic E-state index is 12.0. The highest BCUT2D eigenvalue weighted by atomic mass is 16.1. The van der Waals surface area contributed by atoms with E-state index in [9.17, 15) is 4.79 Å². The zero-order valence-electron chi connectivity index (χ0n) is 11.1. The molecule has 102 valence electrons. The van der Waals surface area contributed by atoms with E-state index in [1.165, 1.54) is 18.6 Å². The van der Waals surface area contributed by atoms with Crippen molar-refractivity contribution in [3.63, 3.8) is 0 Å². The van der Waals surface area contributed by atoms with Crippen LogP contribution in [0.2, 0.25) is 0 Å². The molecule has 21 heavy (non-hydrogen) atoms. The van der Waals surface area contributed by atoms with Crippen LogP contribution in [0.25, 0.3) is 11.1 Å². The Bertz CT molecular complexity index is 744. The summed E-state index contributed by atoms with van der Waals surface area (Å²) in [6.45, 7) is 0. The minimum atomic E-state index is -0.310. The highest BCUT2D eigenvalue weighted by Crippen LogP contribution is 2.21. The molecule has 0 fully saturated rings. The van der Waals surface area contributed by atoms with Crippen molar-refractivity contribution in [1.29, 1.82) is 0 Å². The molecule has 0 saturated carbocycles. The number of carbonyl (C=O) groups is 1. The third-order valence-electron chi connectivity index (χ3n) is 2.90. The van der Waals surface area contributed by atoms with E-state index >= 15 is 0 Å². The fourth-order valence-electron chi connectivity index (χ4n) is 1.91. The van der Waals surface area contributed by atoms with Crippen molar-refractivity contribution in [3.05, 3.63) is 73.1 Å². The topological polar surface area (TPSA) is 67.8 Å². The van der Waals surface area contributed by atoms with Gasteiger partial charge in [-0.1, -0.05) is 30.3 Å². The number of amides is 1. The van der Waals surface area contributed by atoms with E-state index in [1.807, 2.05) is 36.4 Å². The smallest absolute Gasteiger partial charge is 0.275 e. The normalized spacial score (nSPS) is 10.1. The van der Waals surface area contributed by atoms with E-state index in [-0.39, 0.29) is 11.6 Å². The van der Waals surface area contributed by atoms with Gasteiger partial charge in [0.05, 0.1) is 18.1 Å². The molecule has 0 aliphatic carbocycles. The first kappa shape index (κ1) is 12.9. The predicted octanol–water partition coefficient (Wildman–Crippen LogP) is 2.79. The molecule has 2 heterocycles. The second-order valence-electron chi connectivity index (χ2n) is 4.37. The first-order chi connectivity index (χ1) is 10.3. The van der Waals surface area contributed by atoms with Crippen molar-refractivity contribution < 1.29 is 4.79 Å². The van der Waals surface area contributed by atoms with Gasteiger partial charge in [0.25, 0.3) is 5.91 Å². The highest BCUT2D eigenvalue weighted by Gasteiger charge is 2.08. The minimum Gasteiger partial charge on any atom is -0.319 e. The summed E-state index contributed by atoms with van der Waals surface area (Å²) in [6.07, 6.45) is 7.78. The zero-order chi connectivity index (χ0) is 14.5. The zero-order valence-corrected chi connectivity index (χ0v) is 11.1. The van der Waals surface area contributed by atoms with E-state index < -0.39 is 0 Å². The lowest BCUT2D eigenvalue weighted by Crippen LogP contribution is -2.13. The molecule has 1 aromatic carbocycles. The second-order valence-corrected chi connectivity index (χ2v) is 4.37. The Kier molecular flexibility index (Phi) is 3.64. The molecule has 0 aliphatic rings. The summed E-state index contributed by atoms with van der Waals surface area (Å²) < 4.78 is 0. The molecule has 0 spiro atoms. The summed E-state index contributed by atoms with van der Waals surface area (Å²) in [7, 11) is 0. The number of nitrogens with zero attached hydrogens (tertiary/aromatic N) is 3. The summed E-state index contributed by atoms with van der Waals surface area (Å²) in [5.41, 5.74) is 2.86. The van der Waals surface area contributed by atoms with Crippen molar-refractivity contribution in [2.75, 3.05) is 5.32 Å². The van der Waals surface area contributed by atoms with Crippen molar-refractivity contribution in [1.82, 2.24) is 15.0 Å². The monoisotopic (exact) mass is 276 g/mol. The number of anilines is 1. The van der Waals surface area contributed by atoms with Crippen LogP contribution in [0.3, 0.4) is 0 Å². The Morgan fingerprint density at radius 1 is 0.905 bits per heavy atom. The quantitative estimate of drug-likeness (QED) is 0.798. The Balaban J connectivity index is 1.83. The van der Waals surface area contributed by atoms with Gasteiger partial charge < -0.3 is 5.32 Å². The molecule has 3 aromatic rings. The molecule has 0 aliphatic heterocycles. The molecule has 5 heteroatoms. The van der Waals surface area contributed by atoms with E-state index in [0.29, 0.717) is 5.69 Å². The van der Waals surface area contributed by atoms with Gasteiger partial charge in [0.1, 0.15) is 5.69 Å². The fraction of sp³-hybridized carbons (Fsp3) is 0. The maximum Gasteiger partial charge on any atom is 0.275 e. The molecular weight excluding hydrogens is 264 g/mol. The van der Waals surface area contributed by atoms with Gasteiger partial charge >= 0.3 is 0 Å². The summed E-state index contributed by atoms with van der Waals surface area (Å²) in [5.74, 6) is -0.310. The first-order valence-electron chi connectivity index (χ1n) is 6.41. The van der Waals surface area contributed by atoms with E-state index in [1.54, 1.807) is 12.4 Å². The van der Waals surface area contributed by atoms with Gasteiger partial charge in [-0.3, -0.25) is 14.8 Å². The number of aromatic nitrogens is 3. The van der Waals surface area contributed by atoms with Crippen molar-refractivity contribution in [2.24, 2.45) is 0 Å². The number of pyridine rings is 1. The van der Waals surface area contributed by atoms with E-state index in [4.69, 9.17) is 0 Å². The standard InChI is InChI=1S/C16H12N4O/c21-16(15-11-17-6-7-19-15)20-14-8-13(9-18-10-14)12-4-2-1-3-5-12/h1-11H,(H,20,21). The average molecular weight is 276 g/mol. The summed E-state index contributed by atoms with van der Waals surface area (Å²) >= 11 is 0. The maximum atomic E-state index is 12.0. The second kappa shape index (κ2) is 5.92. The number of nitrogens with one attached hydrogen (secondary N) is 1. The van der Waals surface area contributed by atoms with Gasteiger partial charge in [0.2, 0.25) is 0 Å². The molecule has 2 aromatic heterocycles. The van der Waals surface area contributed by atoms with Crippen LogP contribution in [0, 0.1) is 0 Å². The summed E-state index contributed by atoms with van der Waals surface area (Å²) in [5, 5.41) is 2.76. The van der Waals surface area contributed by atoms with Crippen molar-refractivity contribution >= 4 is 11.6 Å². The molecule has 0 atom stereocenters. The highest BCUT2D eigenvalue weighted by molar-refractivity contribution is 6.02. The molecule has 1 N–H and O–H groups in total. The number of hydrogen-bond acceptors (Lipinski definition) is 4. The van der Waals surface area contributed by atoms with Crippen LogP contribution in [0.5, 0.6) is 0 Å². The number of benzene rings is 1. The van der Waals surface area contributed by atoms with Crippen molar-refractivity contribution in [2.45, 2.75) is 0 Å². The Morgan fingerprint density at radius 3 is 2.52 bits per heavy atom. The molecule has 0 radical (unpaired) electrons. The predicted molar refractivity (Wildman–Crippen MR) is 79.7 cm³/mol. The Morgan fingerprint density at radius 2 is 1.76 bits per heavy atom. The van der Waals surface area contributed by atoms with Gasteiger partial charge in [0.15, 0.2) is 0 Å². The van der Waals surface area contributed by atoms with Crippen molar-refractivity contribution in [3.8, 4) is 11.1 Å². The lowest BCUT2D eigenvalue weighted by Gasteiger charge is -2.06. The van der Waals surface area contributed by atoms with Crippen LogP contribution in [-0.4, -0.2) is 20.9 Å². The molecule has 3 rings (SSSR count). The number of carbonyl (C=O) groups excluding carboxylic acids is 1. The number of rotatable bonds is 3. The lowest BCUT2D eigenvalue weighted by atomic mass is 10.1. The third kappa shape index (κ3) is 3.09. The third-order valence-corrected chi connectivity index (χ3v) is 2.90. The van der Waals surface area contributed by atoms with Crippen LogP contribution in [0.4, 0.5) is 5.69 Å². The van der Waals surface area contributed by atoms with Crippen LogP contribution in [0.1, 0.15) is 10.5 Å². The SMILES string of the molecule is O=C(Nc1cncc(-c2ccccc2)c1)c1cnccn1. The van der Waals surface area contributed by atoms with Gasteiger partial charge in [-0.05, 0) is 11.6 Å². The van der Waals surface area contributed by atoms with Crippen LogP contribution >= 0.6 is 0 Å². The fourth-order valence-corrected chi connectivity index (χ4v) is 1.91. The molecule has 1 amide bonds. The van der Waals surface area contributed by atoms with Gasteiger partial charge in [0, 0.05) is 24.2 Å². The Hall–Kier alpha value is -3.08. The summed E-state index contributed by atoms with van der Waals surface area (Å²) in [4.78, 5) is 24.0. The van der Waals surface area contributed by atoms with Gasteiger partial charge in [-0.15, -0.1) is 0 Å². The van der Waals surface area contributed by atoms with Gasteiger partial charge in [-0.25, -0.2) is 4.98 Å². The molecule has 5 nitrogen and oxygen atoms in total. The lowest BCUT2D eigenvalue weighted by molar-refractivity contribution is 0.102. The first-order valence-corrected chi connectivity index (χ1v) is 6.41. The average Bonchev–Trinajstić information content (AvgIpc) is 2.57. The van der Waals surface area contributed by atoms with Crippen LogP contribution in [0.15, 0.2) is 67.4 Å². The summed E-state index contributed by atoms with van der Waals surface area (Å²) in [6, 6.07) is 11.7. The Labute approximate surface area is 121 Å². The van der Waals surface area contributed by atoms with Crippen LogP contribution < -0.4 is 5.32 Å². The van der Waals surface area contributed by atoms with Gasteiger partial charge in [-0.2, -0.15) is 0 Å². The molecule has 0 unspecified atom stereocenters. The molecular formula is C16H12N4O.